The van der Waals surface area contributed by atoms with E-state index >= 15 is 0 Å². The van der Waals surface area contributed by atoms with Crippen LogP contribution in [0.1, 0.15) is 18.1 Å². The van der Waals surface area contributed by atoms with Crippen molar-refractivity contribution in [2.24, 2.45) is 0 Å². The van der Waals surface area contributed by atoms with Crippen LogP contribution in [0.25, 0.3) is 5.70 Å². The molecule has 0 aliphatic carbocycles. The molecule has 4 rings (SSSR count). The van der Waals surface area contributed by atoms with Crippen LogP contribution in [0.4, 0.5) is 5.69 Å². The molecule has 120 valence electrons. The number of pyridine rings is 1. The molecule has 2 N–H and O–H groups in total. The lowest BCUT2D eigenvalue weighted by molar-refractivity contribution is -0.458. The molecule has 0 fully saturated rings. The highest BCUT2D eigenvalue weighted by molar-refractivity contribution is 6.04. The van der Waals surface area contributed by atoms with Crippen molar-refractivity contribution in [1.82, 2.24) is 4.98 Å². The molecule has 3 heterocycles. The van der Waals surface area contributed by atoms with E-state index in [4.69, 9.17) is 4.74 Å². The fraction of sp³-hybridized carbons (Fsp3) is 0.167. The van der Waals surface area contributed by atoms with Gasteiger partial charge in [0.15, 0.2) is 13.2 Å². The van der Waals surface area contributed by atoms with Gasteiger partial charge in [0.1, 0.15) is 11.5 Å². The Labute approximate surface area is 138 Å². The summed E-state index contributed by atoms with van der Waals surface area (Å²) < 4.78 is 8.03. The van der Waals surface area contributed by atoms with E-state index in [0.29, 0.717) is 13.2 Å². The molecule has 0 radical (unpaired) electrons. The highest BCUT2D eigenvalue weighted by Crippen LogP contribution is 2.32. The second-order valence-electron chi connectivity index (χ2n) is 5.83. The Morgan fingerprint density at radius 3 is 3.00 bits per heavy atom. The molecule has 6 nitrogen and oxygen atoms in total. The van der Waals surface area contributed by atoms with Crippen LogP contribution in [0.5, 0.6) is 11.5 Å². The van der Waals surface area contributed by atoms with Crippen molar-refractivity contribution in [3.05, 3.63) is 53.9 Å². The summed E-state index contributed by atoms with van der Waals surface area (Å²) in [5.41, 5.74) is 4.72. The van der Waals surface area contributed by atoms with Gasteiger partial charge in [-0.15, -0.1) is 0 Å². The molecule has 2 aromatic rings. The minimum Gasteiger partial charge on any atom is -0.506 e. The quantitative estimate of drug-likeness (QED) is 0.831. The molecular weight excluding hydrogens is 306 g/mol. The Balaban J connectivity index is 1.61. The lowest BCUT2D eigenvalue weighted by Gasteiger charge is -2.14. The predicted molar refractivity (Wildman–Crippen MR) is 89.1 cm³/mol. The van der Waals surface area contributed by atoms with Gasteiger partial charge in [0, 0.05) is 24.9 Å². The summed E-state index contributed by atoms with van der Waals surface area (Å²) in [5, 5.41) is 12.4. The second-order valence-corrected chi connectivity index (χ2v) is 5.83. The van der Waals surface area contributed by atoms with Crippen molar-refractivity contribution in [3.8, 4) is 11.5 Å². The Kier molecular flexibility index (Phi) is 3.30. The first kappa shape index (κ1) is 14.4. The van der Waals surface area contributed by atoms with Crippen molar-refractivity contribution < 1.29 is 19.2 Å². The summed E-state index contributed by atoms with van der Waals surface area (Å²) in [7, 11) is 0. The normalized spacial score (nSPS) is 15.3. The number of ether oxygens (including phenoxy) is 1. The number of hydrogen-bond acceptors (Lipinski definition) is 4. The van der Waals surface area contributed by atoms with E-state index in [0.717, 1.165) is 34.0 Å². The molecule has 2 aliphatic heterocycles. The molecule has 0 bridgehead atoms. The lowest BCUT2D eigenvalue weighted by Crippen LogP contribution is -2.29. The number of benzene rings is 1. The first-order valence-electron chi connectivity index (χ1n) is 7.63. The lowest BCUT2D eigenvalue weighted by atomic mass is 10.0. The maximum Gasteiger partial charge on any atom is 0.226 e. The van der Waals surface area contributed by atoms with Gasteiger partial charge in [-0.25, -0.2) is 0 Å². The number of nitrogens with one attached hydrogen (secondary N) is 1. The van der Waals surface area contributed by atoms with E-state index in [9.17, 15) is 9.90 Å². The van der Waals surface area contributed by atoms with Crippen molar-refractivity contribution in [2.75, 3.05) is 11.9 Å². The Bertz CT molecular complexity index is 915. The maximum absolute atomic E-state index is 11.2. The monoisotopic (exact) mass is 322 g/mol. The van der Waals surface area contributed by atoms with Crippen LogP contribution >= 0.6 is 0 Å². The van der Waals surface area contributed by atoms with Crippen molar-refractivity contribution in [3.63, 3.8) is 0 Å². The summed E-state index contributed by atoms with van der Waals surface area (Å²) >= 11 is 0. The van der Waals surface area contributed by atoms with Gasteiger partial charge in [-0.2, -0.15) is 4.58 Å². The minimum atomic E-state index is -0.109. The van der Waals surface area contributed by atoms with Gasteiger partial charge in [-0.05, 0) is 18.2 Å². The van der Waals surface area contributed by atoms with Crippen LogP contribution in [-0.4, -0.2) is 32.9 Å². The summed E-state index contributed by atoms with van der Waals surface area (Å²) in [6.45, 7) is 2.62. The average Bonchev–Trinajstić information content (AvgIpc) is 2.64. The molecule has 1 aromatic carbocycles. The fourth-order valence-electron chi connectivity index (χ4n) is 2.94. The fourth-order valence-corrected chi connectivity index (χ4v) is 2.94. The summed E-state index contributed by atoms with van der Waals surface area (Å²) in [4.78, 5) is 15.2. The highest BCUT2D eigenvalue weighted by atomic mass is 16.5. The van der Waals surface area contributed by atoms with Crippen LogP contribution in [0.15, 0.2) is 42.7 Å². The van der Waals surface area contributed by atoms with E-state index in [1.54, 1.807) is 12.3 Å². The van der Waals surface area contributed by atoms with E-state index in [-0.39, 0.29) is 11.7 Å². The topological polar surface area (TPSA) is 74.5 Å². The number of fused-ring (bicyclic) bond motifs is 1. The second kappa shape index (κ2) is 5.49. The van der Waals surface area contributed by atoms with Gasteiger partial charge in [-0.3, -0.25) is 9.78 Å². The number of anilines is 1. The third kappa shape index (κ3) is 2.52. The number of carbonyl (C=O) groups excluding carboxylic acids is 1. The molecule has 0 saturated heterocycles. The van der Waals surface area contributed by atoms with Gasteiger partial charge in [-0.1, -0.05) is 0 Å². The molecular formula is C18H16N3O3+. The number of amides is 1. The van der Waals surface area contributed by atoms with E-state index < -0.39 is 0 Å². The highest BCUT2D eigenvalue weighted by Gasteiger charge is 2.34. The van der Waals surface area contributed by atoms with Crippen molar-refractivity contribution in [2.45, 2.75) is 13.5 Å². The first-order chi connectivity index (χ1) is 11.6. The SMILES string of the molecule is CC(=O)Nc1ccc2c(c1)OCC1=[N+](C2)C(c2cncc(O)c2)=C1. The Hall–Kier alpha value is -3.15. The van der Waals surface area contributed by atoms with Gasteiger partial charge in [0.2, 0.25) is 17.3 Å². The number of carbonyl (C=O) groups is 1. The summed E-state index contributed by atoms with van der Waals surface area (Å²) in [5.74, 6) is 0.806. The van der Waals surface area contributed by atoms with Crippen LogP contribution in [0, 0.1) is 0 Å². The molecule has 6 heteroatoms. The Morgan fingerprint density at radius 1 is 1.33 bits per heavy atom. The average molecular weight is 322 g/mol. The molecule has 2 aliphatic rings. The van der Waals surface area contributed by atoms with Crippen LogP contribution in [0.3, 0.4) is 0 Å². The number of aromatic nitrogens is 1. The zero-order chi connectivity index (χ0) is 16.7. The van der Waals surface area contributed by atoms with Crippen LogP contribution < -0.4 is 10.1 Å². The molecule has 0 spiro atoms. The first-order valence-corrected chi connectivity index (χ1v) is 7.63. The van der Waals surface area contributed by atoms with Crippen LogP contribution in [-0.2, 0) is 11.3 Å². The van der Waals surface area contributed by atoms with Crippen LogP contribution in [0.2, 0.25) is 0 Å². The number of aromatic hydroxyl groups is 1. The molecule has 0 atom stereocenters. The zero-order valence-electron chi connectivity index (χ0n) is 13.1. The smallest absolute Gasteiger partial charge is 0.226 e. The molecule has 0 saturated carbocycles. The number of rotatable bonds is 2. The standard InChI is InChI=1S/C18H15N3O3/c1-11(22)20-14-3-2-12-9-21-15(10-24-18(12)5-14)6-17(21)13-4-16(23)8-19-7-13/h2-8H,9-10H2,1H3,(H-,20,22,23)/p+1. The van der Waals surface area contributed by atoms with E-state index in [1.165, 1.54) is 13.1 Å². The third-order valence-corrected chi connectivity index (χ3v) is 4.05. The van der Waals surface area contributed by atoms with Gasteiger partial charge in [0.25, 0.3) is 0 Å². The van der Waals surface area contributed by atoms with Crippen molar-refractivity contribution >= 4 is 23.0 Å². The predicted octanol–water partition coefficient (Wildman–Crippen LogP) is 2.15. The zero-order valence-corrected chi connectivity index (χ0v) is 13.1. The molecule has 1 amide bonds. The molecule has 0 unspecified atom stereocenters. The molecule has 24 heavy (non-hydrogen) atoms. The number of nitrogens with zero attached hydrogens (tertiary/aromatic N) is 2. The number of hydrogen-bond donors (Lipinski definition) is 2. The van der Waals surface area contributed by atoms with E-state index in [2.05, 4.69) is 14.9 Å². The largest absolute Gasteiger partial charge is 0.506 e. The van der Waals surface area contributed by atoms with Gasteiger partial charge in [0.05, 0.1) is 23.4 Å². The Morgan fingerprint density at radius 2 is 2.21 bits per heavy atom. The van der Waals surface area contributed by atoms with E-state index in [1.807, 2.05) is 24.3 Å². The molecule has 1 aromatic heterocycles. The van der Waals surface area contributed by atoms with Gasteiger partial charge < -0.3 is 15.2 Å². The van der Waals surface area contributed by atoms with Gasteiger partial charge >= 0.3 is 0 Å². The third-order valence-electron chi connectivity index (χ3n) is 4.05. The summed E-state index contributed by atoms with van der Waals surface area (Å²) in [6, 6.07) is 7.37. The maximum atomic E-state index is 11.2. The minimum absolute atomic E-state index is 0.109. The summed E-state index contributed by atoms with van der Waals surface area (Å²) in [6.07, 6.45) is 5.18. The van der Waals surface area contributed by atoms with Crippen molar-refractivity contribution in [1.29, 1.82) is 0 Å².